The van der Waals surface area contributed by atoms with Gasteiger partial charge in [-0.15, -0.1) is 0 Å². The first kappa shape index (κ1) is 61.5. The number of nitrogens with zero attached hydrogens (tertiary/aromatic N) is 2. The third-order valence-electron chi connectivity index (χ3n) is 10.7. The number of nitrogen functional groups attached to an aromatic ring is 1. The van der Waals surface area contributed by atoms with Crippen molar-refractivity contribution in [2.45, 2.75) is 185 Å². The zero-order valence-corrected chi connectivity index (χ0v) is 42.2. The summed E-state index contributed by atoms with van der Waals surface area (Å²) in [6, 6.07) is 1.24. The van der Waals surface area contributed by atoms with Gasteiger partial charge in [0.1, 0.15) is 30.7 Å². The number of unbranched alkanes of at least 4 members (excludes halogenated alkanes) is 12. The SMILES string of the molecule is CCCCCC/C=C\CCCCCCCC(=O)OC[C@H](COP(=O)(O)OP(=O)(O)OC[C@H]1O[C@@H](n2ccc(N)nc2=O)[C@H](O)[C@@H]1O)OC(=O)CCC/C=C\C/C=C\C/C=C\C=C\[C@@H](O)CCCCC. The molecule has 7 N–H and O–H groups in total. The number of hydrogen-bond acceptors (Lipinski definition) is 16. The Labute approximate surface area is 407 Å². The number of nitrogens with two attached hydrogens (primary N) is 1. The Morgan fingerprint density at radius 1 is 0.768 bits per heavy atom. The maximum Gasteiger partial charge on any atom is 0.481 e. The van der Waals surface area contributed by atoms with Gasteiger partial charge in [-0.25, -0.2) is 13.9 Å². The van der Waals surface area contributed by atoms with Gasteiger partial charge in [0.15, 0.2) is 12.3 Å². The lowest BCUT2D eigenvalue weighted by Crippen LogP contribution is -2.36. The van der Waals surface area contributed by atoms with E-state index in [0.717, 1.165) is 81.4 Å². The van der Waals surface area contributed by atoms with Crippen LogP contribution in [-0.2, 0) is 46.3 Å². The fourth-order valence-electron chi connectivity index (χ4n) is 6.82. The molecule has 1 saturated heterocycles. The molecule has 1 aliphatic heterocycles. The molecule has 2 heterocycles. The number of aliphatic hydroxyl groups excluding tert-OH is 3. The second kappa shape index (κ2) is 36.4. The van der Waals surface area contributed by atoms with Gasteiger partial charge in [-0.05, 0) is 70.3 Å². The standard InChI is InChI=1S/C48H79N3O16P2/c1-3-5-7-8-9-10-11-12-15-18-21-24-28-32-43(53)62-36-40(65-44(54)33-29-25-22-19-16-13-14-17-20-23-27-31-39(52)30-26-6-4-2)37-63-68(58,59)67-69(60,61)64-38-41-45(55)46(56)47(66-41)51-35-34-42(49)50-48(51)57/h10-11,13-14,19-20,22-23,27,31,34-35,39-41,45-47,52,55-56H,3-9,12,15-18,21,24-26,28-30,32-33,36-38H2,1-2H3,(H,58,59)(H,60,61)(H2,49,50,57)/b11-10-,14-13-,22-19-,23-20-,31-27+/t39-,40+,41+,45+,46+,47+/m0/s1. The molecule has 1 aliphatic rings. The average molecular weight is 1020 g/mol. The maximum absolute atomic E-state index is 12.8. The maximum atomic E-state index is 12.8. The van der Waals surface area contributed by atoms with Crippen molar-refractivity contribution in [2.75, 3.05) is 25.6 Å². The second-order valence-electron chi connectivity index (χ2n) is 16.8. The monoisotopic (exact) mass is 1020 g/mol. The molecule has 0 aromatic carbocycles. The van der Waals surface area contributed by atoms with Crippen molar-refractivity contribution in [1.82, 2.24) is 9.55 Å². The molecular weight excluding hydrogens is 936 g/mol. The molecule has 0 saturated carbocycles. The minimum absolute atomic E-state index is 0.0495. The van der Waals surface area contributed by atoms with E-state index in [9.17, 15) is 48.6 Å². The summed E-state index contributed by atoms with van der Waals surface area (Å²) >= 11 is 0. The fraction of sp³-hybridized carbons (Fsp3) is 0.667. The fourth-order valence-corrected chi connectivity index (χ4v) is 8.93. The van der Waals surface area contributed by atoms with E-state index in [1.54, 1.807) is 6.08 Å². The summed E-state index contributed by atoms with van der Waals surface area (Å²) < 4.78 is 56.6. The Bertz CT molecular complexity index is 1910. The number of hydrogen-bond donors (Lipinski definition) is 6. The molecule has 2 rings (SSSR count). The Balaban J connectivity index is 1.86. The summed E-state index contributed by atoms with van der Waals surface area (Å²) in [7, 11) is -10.9. The van der Waals surface area contributed by atoms with Crippen LogP contribution in [0, 0.1) is 0 Å². The molecule has 0 aliphatic carbocycles. The quantitative estimate of drug-likeness (QED) is 0.0118. The highest BCUT2D eigenvalue weighted by Gasteiger charge is 2.46. The van der Waals surface area contributed by atoms with E-state index in [4.69, 9.17) is 29.0 Å². The average Bonchev–Trinajstić information content (AvgIpc) is 3.58. The lowest BCUT2D eigenvalue weighted by atomic mass is 10.1. The van der Waals surface area contributed by atoms with E-state index in [1.807, 2.05) is 42.5 Å². The number of aromatic nitrogens is 2. The molecule has 0 bridgehead atoms. The van der Waals surface area contributed by atoms with Gasteiger partial charge in [0.25, 0.3) is 0 Å². The van der Waals surface area contributed by atoms with E-state index >= 15 is 0 Å². The minimum Gasteiger partial charge on any atom is -0.462 e. The molecule has 21 heteroatoms. The van der Waals surface area contributed by atoms with Crippen LogP contribution in [0.15, 0.2) is 77.8 Å². The summed E-state index contributed by atoms with van der Waals surface area (Å²) in [6.45, 7) is 1.93. The highest BCUT2D eigenvalue weighted by molar-refractivity contribution is 7.61. The number of ether oxygens (including phenoxy) is 3. The molecule has 2 unspecified atom stereocenters. The minimum atomic E-state index is -5.45. The number of phosphoric acid groups is 2. The number of allylic oxidation sites excluding steroid dienone is 9. The van der Waals surface area contributed by atoms with Crippen LogP contribution >= 0.6 is 15.6 Å². The number of esters is 2. The van der Waals surface area contributed by atoms with Gasteiger partial charge >= 0.3 is 33.3 Å². The molecule has 0 radical (unpaired) electrons. The normalized spacial score (nSPS) is 20.3. The Morgan fingerprint density at radius 2 is 1.36 bits per heavy atom. The first-order valence-electron chi connectivity index (χ1n) is 24.4. The Morgan fingerprint density at radius 3 is 2.07 bits per heavy atom. The van der Waals surface area contributed by atoms with Crippen LogP contribution in [0.25, 0.3) is 0 Å². The molecule has 1 fully saturated rings. The van der Waals surface area contributed by atoms with Gasteiger partial charge < -0.3 is 45.1 Å². The number of phosphoric ester groups is 2. The molecule has 0 spiro atoms. The third-order valence-corrected chi connectivity index (χ3v) is 13.3. The Kier molecular flexibility index (Phi) is 32.4. The van der Waals surface area contributed by atoms with Gasteiger partial charge in [0.2, 0.25) is 0 Å². The highest BCUT2D eigenvalue weighted by atomic mass is 31.3. The van der Waals surface area contributed by atoms with E-state index in [-0.39, 0.29) is 18.7 Å². The lowest BCUT2D eigenvalue weighted by Gasteiger charge is -2.21. The molecule has 1 aromatic heterocycles. The van der Waals surface area contributed by atoms with Crippen LogP contribution in [-0.4, -0.2) is 96.9 Å². The summed E-state index contributed by atoms with van der Waals surface area (Å²) in [5.74, 6) is -1.41. The second-order valence-corrected chi connectivity index (χ2v) is 19.8. The van der Waals surface area contributed by atoms with Crippen molar-refractivity contribution >= 4 is 33.4 Å². The van der Waals surface area contributed by atoms with Gasteiger partial charge in [-0.1, -0.05) is 132 Å². The summed E-state index contributed by atoms with van der Waals surface area (Å²) in [5.41, 5.74) is 4.57. The van der Waals surface area contributed by atoms with Crippen molar-refractivity contribution in [1.29, 1.82) is 0 Å². The van der Waals surface area contributed by atoms with Gasteiger partial charge in [0, 0.05) is 19.0 Å². The highest BCUT2D eigenvalue weighted by Crippen LogP contribution is 2.60. The summed E-state index contributed by atoms with van der Waals surface area (Å²) in [6.07, 6.45) is 30.7. The zero-order valence-electron chi connectivity index (χ0n) is 40.5. The van der Waals surface area contributed by atoms with Crippen LogP contribution in [0.5, 0.6) is 0 Å². The molecule has 8 atom stereocenters. The molecule has 69 heavy (non-hydrogen) atoms. The van der Waals surface area contributed by atoms with Gasteiger partial charge in [0.05, 0.1) is 19.3 Å². The molecule has 392 valence electrons. The Hall–Kier alpha value is -3.58. The first-order valence-corrected chi connectivity index (χ1v) is 27.4. The van der Waals surface area contributed by atoms with Crippen LogP contribution in [0.2, 0.25) is 0 Å². The van der Waals surface area contributed by atoms with Crippen molar-refractivity contribution < 1.29 is 71.4 Å². The van der Waals surface area contributed by atoms with Gasteiger partial charge in [-0.3, -0.25) is 23.2 Å². The number of aliphatic hydroxyl groups is 3. The first-order chi connectivity index (χ1) is 33.1. The van der Waals surface area contributed by atoms with Crippen molar-refractivity contribution in [3.63, 3.8) is 0 Å². The van der Waals surface area contributed by atoms with Crippen LogP contribution < -0.4 is 11.4 Å². The number of rotatable bonds is 39. The molecule has 1 aromatic rings. The van der Waals surface area contributed by atoms with E-state index in [2.05, 4.69) is 35.3 Å². The predicted molar refractivity (Wildman–Crippen MR) is 262 cm³/mol. The van der Waals surface area contributed by atoms with Crippen molar-refractivity contribution in [2.24, 2.45) is 0 Å². The molecule has 0 amide bonds. The van der Waals surface area contributed by atoms with Crippen molar-refractivity contribution in [3.8, 4) is 0 Å². The topological polar surface area (TPSA) is 286 Å². The van der Waals surface area contributed by atoms with E-state index < -0.39 is 89.8 Å². The molecule has 19 nitrogen and oxygen atoms in total. The van der Waals surface area contributed by atoms with Crippen LogP contribution in [0.4, 0.5) is 5.82 Å². The van der Waals surface area contributed by atoms with Crippen LogP contribution in [0.3, 0.4) is 0 Å². The summed E-state index contributed by atoms with van der Waals surface area (Å²) in [5, 5.41) is 30.8. The van der Waals surface area contributed by atoms with Crippen LogP contribution in [0.1, 0.15) is 155 Å². The largest absolute Gasteiger partial charge is 0.481 e. The van der Waals surface area contributed by atoms with Gasteiger partial charge in [-0.2, -0.15) is 9.29 Å². The summed E-state index contributed by atoms with van der Waals surface area (Å²) in [4.78, 5) is 61.8. The molecular formula is C48H79N3O16P2. The van der Waals surface area contributed by atoms with E-state index in [1.165, 1.54) is 31.7 Å². The number of carbonyl (C=O) groups is 2. The number of carbonyl (C=O) groups excluding carboxylic acids is 2. The van der Waals surface area contributed by atoms with E-state index in [0.29, 0.717) is 25.7 Å². The smallest absolute Gasteiger partial charge is 0.462 e. The van der Waals surface area contributed by atoms with Crippen molar-refractivity contribution in [3.05, 3.63) is 83.5 Å². The zero-order chi connectivity index (χ0) is 50.8. The third kappa shape index (κ3) is 29.4. The predicted octanol–water partition coefficient (Wildman–Crippen LogP) is 8.52. The number of anilines is 1. The lowest BCUT2D eigenvalue weighted by molar-refractivity contribution is -0.161.